The van der Waals surface area contributed by atoms with Crippen LogP contribution < -0.4 is 5.32 Å². The van der Waals surface area contributed by atoms with Gasteiger partial charge in [0.05, 0.1) is 11.6 Å². The number of nitrogens with zero attached hydrogens (tertiary/aromatic N) is 2. The molecule has 2 N–H and O–H groups in total. The Balaban J connectivity index is 1.96. The van der Waals surface area contributed by atoms with Crippen molar-refractivity contribution >= 4 is 5.97 Å². The van der Waals surface area contributed by atoms with Crippen molar-refractivity contribution in [2.45, 2.75) is 65.1 Å². The number of carboxylic acid groups (broad SMARTS) is 1. The summed E-state index contributed by atoms with van der Waals surface area (Å²) in [7, 11) is 0. The van der Waals surface area contributed by atoms with Crippen LogP contribution in [0.2, 0.25) is 0 Å². The monoisotopic (exact) mass is 279 g/mol. The first-order chi connectivity index (χ1) is 9.31. The lowest BCUT2D eigenvalue weighted by atomic mass is 9.80. The van der Waals surface area contributed by atoms with Crippen LogP contribution in [-0.2, 0) is 23.3 Å². The lowest BCUT2D eigenvalue weighted by Crippen LogP contribution is -2.44. The van der Waals surface area contributed by atoms with E-state index in [1.165, 1.54) is 5.56 Å². The second kappa shape index (κ2) is 5.56. The van der Waals surface area contributed by atoms with Crippen molar-refractivity contribution in [1.82, 2.24) is 15.1 Å². The first kappa shape index (κ1) is 15.0. The molecule has 0 atom stereocenters. The van der Waals surface area contributed by atoms with E-state index >= 15 is 0 Å². The number of aromatic nitrogens is 2. The number of hydrogen-bond acceptors (Lipinski definition) is 3. The van der Waals surface area contributed by atoms with Gasteiger partial charge in [-0.1, -0.05) is 20.8 Å². The summed E-state index contributed by atoms with van der Waals surface area (Å²) < 4.78 is 1.97. The van der Waals surface area contributed by atoms with E-state index in [1.807, 2.05) is 4.68 Å². The van der Waals surface area contributed by atoms with Crippen LogP contribution in [-0.4, -0.2) is 26.9 Å². The number of carboxylic acids is 1. The first-order valence-electron chi connectivity index (χ1n) is 7.34. The third-order valence-corrected chi connectivity index (χ3v) is 3.94. The van der Waals surface area contributed by atoms with Crippen LogP contribution in [0, 0.1) is 5.92 Å². The Kier molecular flexibility index (Phi) is 4.18. The van der Waals surface area contributed by atoms with E-state index < -0.39 is 5.97 Å². The first-order valence-corrected chi connectivity index (χ1v) is 7.34. The van der Waals surface area contributed by atoms with E-state index in [4.69, 9.17) is 5.11 Å². The maximum Gasteiger partial charge on any atom is 0.306 e. The Hall–Kier alpha value is -1.36. The topological polar surface area (TPSA) is 67.2 Å². The lowest BCUT2D eigenvalue weighted by molar-refractivity contribution is -0.145. The largest absolute Gasteiger partial charge is 0.481 e. The molecule has 0 bridgehead atoms. The van der Waals surface area contributed by atoms with Gasteiger partial charge in [-0.2, -0.15) is 5.10 Å². The second-order valence-electron chi connectivity index (χ2n) is 6.69. The Bertz CT molecular complexity index is 482. The predicted octanol–water partition coefficient (Wildman–Crippen LogP) is 2.15. The quantitative estimate of drug-likeness (QED) is 0.866. The molecular formula is C15H25N3O2. The van der Waals surface area contributed by atoms with Gasteiger partial charge in [-0.05, 0) is 19.8 Å². The average molecular weight is 279 g/mol. The van der Waals surface area contributed by atoms with E-state index in [9.17, 15) is 4.79 Å². The molecule has 0 aliphatic heterocycles. The third kappa shape index (κ3) is 3.20. The predicted molar refractivity (Wildman–Crippen MR) is 77.6 cm³/mol. The van der Waals surface area contributed by atoms with Gasteiger partial charge < -0.3 is 10.4 Å². The second-order valence-corrected chi connectivity index (χ2v) is 6.69. The summed E-state index contributed by atoms with van der Waals surface area (Å²) in [5.74, 6) is -0.829. The molecule has 1 aliphatic rings. The van der Waals surface area contributed by atoms with Crippen LogP contribution in [0.4, 0.5) is 0 Å². The summed E-state index contributed by atoms with van der Waals surface area (Å²) in [4.78, 5) is 10.8. The van der Waals surface area contributed by atoms with Crippen LogP contribution in [0.25, 0.3) is 0 Å². The Labute approximate surface area is 120 Å². The van der Waals surface area contributed by atoms with E-state index in [-0.39, 0.29) is 11.3 Å². The molecule has 1 aliphatic carbocycles. The van der Waals surface area contributed by atoms with Crippen LogP contribution in [0.3, 0.4) is 0 Å². The highest BCUT2D eigenvalue weighted by atomic mass is 16.4. The maximum atomic E-state index is 10.8. The molecule has 1 saturated carbocycles. The van der Waals surface area contributed by atoms with Crippen LogP contribution >= 0.6 is 0 Å². The fraction of sp³-hybridized carbons (Fsp3) is 0.733. The molecule has 0 aromatic carbocycles. The van der Waals surface area contributed by atoms with Crippen molar-refractivity contribution in [2.75, 3.05) is 0 Å². The SMILES string of the molecule is CCn1cc(CNC2CC(C(=O)O)C2)c(C(C)(C)C)n1. The molecule has 20 heavy (non-hydrogen) atoms. The normalized spacial score (nSPS) is 22.6. The van der Waals surface area contributed by atoms with Crippen molar-refractivity contribution in [3.8, 4) is 0 Å². The molecule has 1 fully saturated rings. The molecule has 1 heterocycles. The highest BCUT2D eigenvalue weighted by Crippen LogP contribution is 2.29. The minimum absolute atomic E-state index is 0.0284. The zero-order valence-corrected chi connectivity index (χ0v) is 12.8. The van der Waals surface area contributed by atoms with Crippen molar-refractivity contribution in [3.05, 3.63) is 17.5 Å². The van der Waals surface area contributed by atoms with Gasteiger partial charge in [-0.3, -0.25) is 9.48 Å². The highest BCUT2D eigenvalue weighted by molar-refractivity contribution is 5.71. The summed E-state index contributed by atoms with van der Waals surface area (Å²) in [6, 6.07) is 0.328. The van der Waals surface area contributed by atoms with Crippen molar-refractivity contribution in [1.29, 1.82) is 0 Å². The molecule has 0 amide bonds. The molecule has 112 valence electrons. The van der Waals surface area contributed by atoms with Gasteiger partial charge in [0.2, 0.25) is 0 Å². The smallest absolute Gasteiger partial charge is 0.306 e. The van der Waals surface area contributed by atoms with E-state index in [1.54, 1.807) is 0 Å². The van der Waals surface area contributed by atoms with Gasteiger partial charge in [0, 0.05) is 36.3 Å². The number of rotatable bonds is 5. The van der Waals surface area contributed by atoms with Crippen LogP contribution in [0.5, 0.6) is 0 Å². The maximum absolute atomic E-state index is 10.8. The van der Waals surface area contributed by atoms with E-state index in [0.717, 1.165) is 31.6 Å². The minimum Gasteiger partial charge on any atom is -0.481 e. The molecule has 1 aromatic rings. The summed E-state index contributed by atoms with van der Waals surface area (Å²) in [6.45, 7) is 10.2. The number of aliphatic carboxylic acids is 1. The molecule has 0 saturated heterocycles. The number of aryl methyl sites for hydroxylation is 1. The minimum atomic E-state index is -0.669. The van der Waals surface area contributed by atoms with Crippen molar-refractivity contribution < 1.29 is 9.90 Å². The summed E-state index contributed by atoms with van der Waals surface area (Å²) in [5, 5.41) is 17.0. The van der Waals surface area contributed by atoms with Crippen molar-refractivity contribution in [2.24, 2.45) is 5.92 Å². The molecule has 5 heteroatoms. The molecule has 1 aromatic heterocycles. The van der Waals surface area contributed by atoms with Gasteiger partial charge in [-0.25, -0.2) is 0 Å². The van der Waals surface area contributed by atoms with E-state index in [2.05, 4.69) is 44.3 Å². The van der Waals surface area contributed by atoms with Crippen LogP contribution in [0.1, 0.15) is 51.8 Å². The fourth-order valence-corrected chi connectivity index (χ4v) is 2.63. The Morgan fingerprint density at radius 2 is 2.15 bits per heavy atom. The fourth-order valence-electron chi connectivity index (χ4n) is 2.63. The van der Waals surface area contributed by atoms with E-state index in [0.29, 0.717) is 6.04 Å². The summed E-state index contributed by atoms with van der Waals surface area (Å²) in [5.41, 5.74) is 2.37. The number of nitrogens with one attached hydrogen (secondary N) is 1. The standard InChI is InChI=1S/C15H25N3O2/c1-5-18-9-11(13(17-18)15(2,3)4)8-16-12-6-10(7-12)14(19)20/h9-10,12,16H,5-8H2,1-4H3,(H,19,20). The van der Waals surface area contributed by atoms with Crippen LogP contribution in [0.15, 0.2) is 6.20 Å². The molecular weight excluding hydrogens is 254 g/mol. The summed E-state index contributed by atoms with van der Waals surface area (Å²) >= 11 is 0. The Morgan fingerprint density at radius 1 is 1.50 bits per heavy atom. The summed E-state index contributed by atoms with van der Waals surface area (Å²) in [6.07, 6.45) is 3.57. The zero-order chi connectivity index (χ0) is 14.9. The van der Waals surface area contributed by atoms with Gasteiger partial charge >= 0.3 is 5.97 Å². The van der Waals surface area contributed by atoms with Crippen molar-refractivity contribution in [3.63, 3.8) is 0 Å². The molecule has 0 radical (unpaired) electrons. The Morgan fingerprint density at radius 3 is 2.65 bits per heavy atom. The van der Waals surface area contributed by atoms with Gasteiger partial charge in [0.15, 0.2) is 0 Å². The van der Waals surface area contributed by atoms with Gasteiger partial charge in [0.25, 0.3) is 0 Å². The third-order valence-electron chi connectivity index (χ3n) is 3.94. The van der Waals surface area contributed by atoms with Gasteiger partial charge in [-0.15, -0.1) is 0 Å². The molecule has 2 rings (SSSR count). The molecule has 0 unspecified atom stereocenters. The average Bonchev–Trinajstić information content (AvgIpc) is 2.69. The molecule has 5 nitrogen and oxygen atoms in total. The number of hydrogen-bond donors (Lipinski definition) is 2. The number of carbonyl (C=O) groups is 1. The van der Waals surface area contributed by atoms with Gasteiger partial charge in [0.1, 0.15) is 0 Å². The highest BCUT2D eigenvalue weighted by Gasteiger charge is 2.34. The zero-order valence-electron chi connectivity index (χ0n) is 12.8. The molecule has 0 spiro atoms. The lowest BCUT2D eigenvalue weighted by Gasteiger charge is -2.33.